The number of carbonyl (C=O) groups is 4. The molecule has 1 aliphatic rings. The Morgan fingerprint density at radius 1 is 0.769 bits per heavy atom. The highest BCUT2D eigenvalue weighted by Crippen LogP contribution is 2.35. The number of nitrogens with one attached hydrogen (secondary N) is 4. The number of hydrogen-bond acceptors (Lipinski definition) is 7. The zero-order valence-corrected chi connectivity index (χ0v) is 23.2. The number of halogens is 2. The average Bonchev–Trinajstić information content (AvgIpc) is 2.81. The van der Waals surface area contributed by atoms with E-state index in [0.717, 1.165) is 0 Å². The number of phenolic OH excluding ortho intramolecular Hbond substituents is 2. The van der Waals surface area contributed by atoms with Gasteiger partial charge in [-0.25, -0.2) is 0 Å². The molecule has 14 heteroatoms. The second-order valence-electron chi connectivity index (χ2n) is 9.66. The Kier molecular flexibility index (Phi) is 9.62. The molecular weight excluding hydrogens is 551 g/mol. The summed E-state index contributed by atoms with van der Waals surface area (Å²) in [5.41, 5.74) is 0.729. The number of aromatic hydroxyl groups is 2. The third-order valence-electron chi connectivity index (χ3n) is 6.14. The zero-order chi connectivity index (χ0) is 28.9. The van der Waals surface area contributed by atoms with E-state index in [4.69, 9.17) is 23.2 Å². The summed E-state index contributed by atoms with van der Waals surface area (Å²) in [6.07, 6.45) is 0. The molecule has 1 heterocycles. The number of nitrogens with zero attached hydrogens (tertiary/aromatic N) is 2. The maximum absolute atomic E-state index is 12.7. The minimum absolute atomic E-state index is 0.0731. The van der Waals surface area contributed by atoms with Crippen LogP contribution in [-0.2, 0) is 19.2 Å². The molecule has 0 atom stereocenters. The van der Waals surface area contributed by atoms with Gasteiger partial charge in [-0.1, -0.05) is 23.2 Å². The predicted molar refractivity (Wildman–Crippen MR) is 149 cm³/mol. The Labute approximate surface area is 235 Å². The van der Waals surface area contributed by atoms with Crippen LogP contribution in [0.25, 0.3) is 0 Å². The molecule has 1 fully saturated rings. The molecule has 0 radical (unpaired) electrons. The fourth-order valence-corrected chi connectivity index (χ4v) is 4.55. The average molecular weight is 582 g/mol. The second kappa shape index (κ2) is 12.5. The summed E-state index contributed by atoms with van der Waals surface area (Å²) in [6, 6.07) is 5.26. The number of anilines is 4. The van der Waals surface area contributed by atoms with Crippen molar-refractivity contribution in [3.05, 3.63) is 34.3 Å². The van der Waals surface area contributed by atoms with Gasteiger partial charge in [0.2, 0.25) is 17.7 Å². The monoisotopic (exact) mass is 581 g/mol. The summed E-state index contributed by atoms with van der Waals surface area (Å²) >= 11 is 12.3. The molecule has 0 spiro atoms. The van der Waals surface area contributed by atoms with E-state index in [1.165, 1.54) is 38.1 Å². The minimum Gasteiger partial charge on any atom is -0.506 e. The van der Waals surface area contributed by atoms with Crippen LogP contribution in [0.5, 0.6) is 11.5 Å². The number of benzene rings is 2. The first-order valence-electron chi connectivity index (χ1n) is 12.0. The van der Waals surface area contributed by atoms with E-state index in [0.29, 0.717) is 30.7 Å². The Hall–Kier alpha value is -3.58. The van der Waals surface area contributed by atoms with Gasteiger partial charge in [-0.3, -0.25) is 24.1 Å². The number of likely N-dealkylation sites (N-methyl/N-ethyl adjacent to an activating group) is 1. The number of piperazine rings is 1. The smallest absolute Gasteiger partial charge is 0.279 e. The van der Waals surface area contributed by atoms with Crippen molar-refractivity contribution in [2.24, 2.45) is 0 Å². The number of phenols is 2. The minimum atomic E-state index is -0.349. The molecule has 6 N–H and O–H groups in total. The van der Waals surface area contributed by atoms with Gasteiger partial charge in [-0.05, 0) is 12.1 Å². The van der Waals surface area contributed by atoms with Gasteiger partial charge in [0.25, 0.3) is 5.91 Å². The molecule has 0 bridgehead atoms. The fourth-order valence-electron chi connectivity index (χ4n) is 4.13. The van der Waals surface area contributed by atoms with Crippen molar-refractivity contribution < 1.29 is 33.9 Å². The van der Waals surface area contributed by atoms with Crippen molar-refractivity contribution in [3.8, 4) is 11.5 Å². The highest BCUT2D eigenvalue weighted by Gasteiger charge is 2.32. The predicted octanol–water partition coefficient (Wildman–Crippen LogP) is 2.66. The molecule has 1 saturated heterocycles. The number of rotatable bonds is 8. The fraction of sp³-hybridized carbons (Fsp3) is 0.360. The van der Waals surface area contributed by atoms with Crippen molar-refractivity contribution in [1.29, 1.82) is 0 Å². The standard InChI is InChI=1S/C25H30Cl2N6O6/c1-14(34)28-18-10-22(36)20(8-16(18)26)30-24(38)12-32-4-6-33(3,7-5-32)13-25(39)31-21-9-17(27)19(11-23(21)37)29-15(2)35/h8-11H,4-7,12-13H2,1-3H3,(H5-,28,29,30,31,34,35,36,37,38,39)/p+1. The van der Waals surface area contributed by atoms with Crippen LogP contribution in [0.3, 0.4) is 0 Å². The third-order valence-corrected chi connectivity index (χ3v) is 6.77. The molecule has 0 aliphatic carbocycles. The van der Waals surface area contributed by atoms with E-state index in [-0.39, 0.29) is 81.0 Å². The van der Waals surface area contributed by atoms with Crippen LogP contribution in [0.2, 0.25) is 10.0 Å². The lowest BCUT2D eigenvalue weighted by Gasteiger charge is -2.41. The Morgan fingerprint density at radius 3 is 1.64 bits per heavy atom. The Morgan fingerprint density at radius 2 is 1.21 bits per heavy atom. The SMILES string of the molecule is CC(=O)Nc1cc(O)c(NC(=O)CN2CC[N+](C)(CC(=O)Nc3cc(Cl)c(NC(C)=O)cc3O)CC2)cc1Cl. The van der Waals surface area contributed by atoms with Crippen LogP contribution in [-0.4, -0.2) is 89.5 Å². The first kappa shape index (κ1) is 30.0. The van der Waals surface area contributed by atoms with Crippen molar-refractivity contribution >= 4 is 69.6 Å². The largest absolute Gasteiger partial charge is 0.506 e. The topological polar surface area (TPSA) is 160 Å². The molecule has 1 aliphatic heterocycles. The normalized spacial score (nSPS) is 14.8. The van der Waals surface area contributed by atoms with Crippen molar-refractivity contribution in [1.82, 2.24) is 4.90 Å². The summed E-state index contributed by atoms with van der Waals surface area (Å²) in [5, 5.41) is 31.1. The lowest BCUT2D eigenvalue weighted by Crippen LogP contribution is -2.60. The van der Waals surface area contributed by atoms with Gasteiger partial charge in [-0.2, -0.15) is 0 Å². The molecule has 2 aromatic carbocycles. The first-order valence-corrected chi connectivity index (χ1v) is 12.8. The summed E-state index contributed by atoms with van der Waals surface area (Å²) in [5.74, 6) is -1.83. The second-order valence-corrected chi connectivity index (χ2v) is 10.5. The van der Waals surface area contributed by atoms with Crippen LogP contribution >= 0.6 is 23.2 Å². The maximum Gasteiger partial charge on any atom is 0.279 e. The van der Waals surface area contributed by atoms with Gasteiger partial charge >= 0.3 is 0 Å². The van der Waals surface area contributed by atoms with E-state index >= 15 is 0 Å². The van der Waals surface area contributed by atoms with E-state index in [9.17, 15) is 29.4 Å². The van der Waals surface area contributed by atoms with Crippen LogP contribution < -0.4 is 21.3 Å². The van der Waals surface area contributed by atoms with Crippen molar-refractivity contribution in [3.63, 3.8) is 0 Å². The van der Waals surface area contributed by atoms with Crippen molar-refractivity contribution in [2.75, 3.05) is 67.6 Å². The number of quaternary nitrogens is 1. The first-order chi connectivity index (χ1) is 18.2. The number of hydrogen-bond donors (Lipinski definition) is 6. The molecule has 12 nitrogen and oxygen atoms in total. The quantitative estimate of drug-likeness (QED) is 0.206. The number of amides is 4. The molecule has 3 rings (SSSR count). The zero-order valence-electron chi connectivity index (χ0n) is 21.7. The summed E-state index contributed by atoms with van der Waals surface area (Å²) in [4.78, 5) is 49.7. The van der Waals surface area contributed by atoms with E-state index < -0.39 is 0 Å². The van der Waals surface area contributed by atoms with E-state index in [2.05, 4.69) is 21.3 Å². The lowest BCUT2D eigenvalue weighted by atomic mass is 10.2. The lowest BCUT2D eigenvalue weighted by molar-refractivity contribution is -0.905. The molecule has 4 amide bonds. The van der Waals surface area contributed by atoms with Gasteiger partial charge in [-0.15, -0.1) is 0 Å². The van der Waals surface area contributed by atoms with Crippen LogP contribution in [0, 0.1) is 0 Å². The summed E-state index contributed by atoms with van der Waals surface area (Å²) in [6.45, 7) is 5.13. The summed E-state index contributed by atoms with van der Waals surface area (Å²) in [7, 11) is 1.93. The van der Waals surface area contributed by atoms with Crippen LogP contribution in [0.1, 0.15) is 13.8 Å². The van der Waals surface area contributed by atoms with E-state index in [1.54, 1.807) is 0 Å². The van der Waals surface area contributed by atoms with Gasteiger partial charge in [0, 0.05) is 39.1 Å². The molecule has 2 aromatic rings. The van der Waals surface area contributed by atoms with Crippen molar-refractivity contribution in [2.45, 2.75) is 13.8 Å². The molecule has 0 aromatic heterocycles. The van der Waals surface area contributed by atoms with Gasteiger partial charge in [0.15, 0.2) is 6.54 Å². The Balaban J connectivity index is 1.51. The highest BCUT2D eigenvalue weighted by molar-refractivity contribution is 6.34. The molecule has 39 heavy (non-hydrogen) atoms. The van der Waals surface area contributed by atoms with Gasteiger partial charge in [0.1, 0.15) is 11.5 Å². The highest BCUT2D eigenvalue weighted by atomic mass is 35.5. The molecular formula is C25H31Cl2N6O6+. The van der Waals surface area contributed by atoms with E-state index in [1.807, 2.05) is 11.9 Å². The van der Waals surface area contributed by atoms with Gasteiger partial charge < -0.3 is 36.0 Å². The van der Waals surface area contributed by atoms with Crippen LogP contribution in [0.4, 0.5) is 22.7 Å². The third kappa shape index (κ3) is 8.45. The summed E-state index contributed by atoms with van der Waals surface area (Å²) < 4.78 is 0.420. The molecule has 210 valence electrons. The van der Waals surface area contributed by atoms with Crippen LogP contribution in [0.15, 0.2) is 24.3 Å². The molecule has 0 saturated carbocycles. The Bertz CT molecular complexity index is 1300. The molecule has 0 unspecified atom stereocenters. The maximum atomic E-state index is 12.7. The van der Waals surface area contributed by atoms with Gasteiger partial charge in [0.05, 0.1) is 59.5 Å². The number of carbonyl (C=O) groups excluding carboxylic acids is 4.